The van der Waals surface area contributed by atoms with Gasteiger partial charge in [0.25, 0.3) is 0 Å². The molecule has 1 N–H and O–H groups in total. The molecular formula is C12H8BrF3N2. The maximum absolute atomic E-state index is 13.0. The quantitative estimate of drug-likeness (QED) is 0.686. The highest BCUT2D eigenvalue weighted by atomic mass is 79.9. The van der Waals surface area contributed by atoms with Crippen LogP contribution in [0.4, 0.5) is 18.9 Å². The van der Waals surface area contributed by atoms with Gasteiger partial charge in [-0.05, 0) is 45.8 Å². The van der Waals surface area contributed by atoms with E-state index in [1.54, 1.807) is 18.3 Å². The molecule has 0 fully saturated rings. The molecule has 0 bridgehead atoms. The fraction of sp³-hybridized carbons (Fsp3) is 0.0833. The summed E-state index contributed by atoms with van der Waals surface area (Å²) in [5.74, 6) is -3.84. The zero-order valence-electron chi connectivity index (χ0n) is 9.05. The maximum atomic E-state index is 13.0. The SMILES string of the molecule is Fc1cc(CNc2ccc(Br)nc2)cc(F)c1F. The number of pyridine rings is 1. The standard InChI is InChI=1S/C12H8BrF3N2/c13-11-2-1-8(6-18-11)17-5-7-3-9(14)12(16)10(15)4-7/h1-4,6,17H,5H2. The van der Waals surface area contributed by atoms with Gasteiger partial charge in [0.2, 0.25) is 0 Å². The lowest BCUT2D eigenvalue weighted by Gasteiger charge is -2.07. The van der Waals surface area contributed by atoms with Gasteiger partial charge in [-0.3, -0.25) is 0 Å². The zero-order chi connectivity index (χ0) is 13.1. The average molecular weight is 317 g/mol. The van der Waals surface area contributed by atoms with Crippen LogP contribution in [0.15, 0.2) is 35.1 Å². The van der Waals surface area contributed by atoms with E-state index >= 15 is 0 Å². The lowest BCUT2D eigenvalue weighted by atomic mass is 10.2. The van der Waals surface area contributed by atoms with Crippen LogP contribution >= 0.6 is 15.9 Å². The Hall–Kier alpha value is -1.56. The minimum absolute atomic E-state index is 0.178. The first kappa shape index (κ1) is 12.9. The first-order chi connectivity index (χ1) is 8.56. The molecule has 0 aliphatic heterocycles. The van der Waals surface area contributed by atoms with Crippen LogP contribution in [-0.2, 0) is 6.54 Å². The van der Waals surface area contributed by atoms with Gasteiger partial charge in [0.15, 0.2) is 17.5 Å². The van der Waals surface area contributed by atoms with Crippen molar-refractivity contribution in [1.82, 2.24) is 4.98 Å². The molecule has 2 nitrogen and oxygen atoms in total. The van der Waals surface area contributed by atoms with E-state index in [2.05, 4.69) is 26.2 Å². The summed E-state index contributed by atoms with van der Waals surface area (Å²) >= 11 is 3.19. The Balaban J connectivity index is 2.08. The van der Waals surface area contributed by atoms with Gasteiger partial charge in [-0.2, -0.15) is 0 Å². The number of anilines is 1. The summed E-state index contributed by atoms with van der Waals surface area (Å²) in [4.78, 5) is 3.99. The first-order valence-corrected chi connectivity index (χ1v) is 5.84. The molecule has 1 heterocycles. The van der Waals surface area contributed by atoms with E-state index in [1.165, 1.54) is 0 Å². The Labute approximate surface area is 110 Å². The number of aromatic nitrogens is 1. The van der Waals surface area contributed by atoms with Crippen molar-refractivity contribution in [2.75, 3.05) is 5.32 Å². The number of rotatable bonds is 3. The normalized spacial score (nSPS) is 10.4. The Bertz CT molecular complexity index is 535. The summed E-state index contributed by atoms with van der Waals surface area (Å²) in [7, 11) is 0. The molecule has 1 aromatic carbocycles. The lowest BCUT2D eigenvalue weighted by molar-refractivity contribution is 0.445. The van der Waals surface area contributed by atoms with Crippen molar-refractivity contribution in [3.8, 4) is 0 Å². The smallest absolute Gasteiger partial charge is 0.194 e. The lowest BCUT2D eigenvalue weighted by Crippen LogP contribution is -2.02. The molecule has 0 unspecified atom stereocenters. The van der Waals surface area contributed by atoms with Crippen LogP contribution in [0, 0.1) is 17.5 Å². The van der Waals surface area contributed by atoms with Gasteiger partial charge in [-0.15, -0.1) is 0 Å². The van der Waals surface area contributed by atoms with Crippen molar-refractivity contribution in [2.45, 2.75) is 6.54 Å². The monoisotopic (exact) mass is 316 g/mol. The maximum Gasteiger partial charge on any atom is 0.194 e. The molecule has 0 saturated carbocycles. The van der Waals surface area contributed by atoms with Gasteiger partial charge in [0.1, 0.15) is 4.60 Å². The molecule has 0 saturated heterocycles. The number of halogens is 4. The molecule has 2 aromatic rings. The van der Waals surface area contributed by atoms with Crippen LogP contribution in [0.3, 0.4) is 0 Å². The van der Waals surface area contributed by atoms with Crippen LogP contribution in [0.1, 0.15) is 5.56 Å². The largest absolute Gasteiger partial charge is 0.380 e. The molecular weight excluding hydrogens is 309 g/mol. The van der Waals surface area contributed by atoms with Crippen LogP contribution in [0.2, 0.25) is 0 Å². The number of hydrogen-bond acceptors (Lipinski definition) is 2. The number of nitrogens with one attached hydrogen (secondary N) is 1. The van der Waals surface area contributed by atoms with E-state index < -0.39 is 17.5 Å². The fourth-order valence-corrected chi connectivity index (χ4v) is 1.63. The third-order valence-electron chi connectivity index (χ3n) is 2.27. The third kappa shape index (κ3) is 3.01. The molecule has 18 heavy (non-hydrogen) atoms. The summed E-state index contributed by atoms with van der Waals surface area (Å²) in [6.07, 6.45) is 1.57. The summed E-state index contributed by atoms with van der Waals surface area (Å²) in [5, 5.41) is 2.92. The molecule has 0 atom stereocenters. The van der Waals surface area contributed by atoms with Crippen LogP contribution in [0.5, 0.6) is 0 Å². The van der Waals surface area contributed by atoms with Gasteiger partial charge >= 0.3 is 0 Å². The van der Waals surface area contributed by atoms with Crippen molar-refractivity contribution in [2.24, 2.45) is 0 Å². The molecule has 0 amide bonds. The first-order valence-electron chi connectivity index (χ1n) is 5.05. The molecule has 2 rings (SSSR count). The van der Waals surface area contributed by atoms with Crippen LogP contribution < -0.4 is 5.32 Å². The van der Waals surface area contributed by atoms with Crippen molar-refractivity contribution < 1.29 is 13.2 Å². The van der Waals surface area contributed by atoms with Crippen LogP contribution in [-0.4, -0.2) is 4.98 Å². The van der Waals surface area contributed by atoms with Crippen molar-refractivity contribution in [3.05, 3.63) is 58.1 Å². The van der Waals surface area contributed by atoms with E-state index in [9.17, 15) is 13.2 Å². The highest BCUT2D eigenvalue weighted by Crippen LogP contribution is 2.16. The number of nitrogens with zero attached hydrogens (tertiary/aromatic N) is 1. The van der Waals surface area contributed by atoms with Crippen molar-refractivity contribution >= 4 is 21.6 Å². The second-order valence-electron chi connectivity index (χ2n) is 3.60. The summed E-state index contributed by atoms with van der Waals surface area (Å²) in [6, 6.07) is 5.40. The van der Waals surface area contributed by atoms with E-state index in [0.717, 1.165) is 12.1 Å². The topological polar surface area (TPSA) is 24.9 Å². The third-order valence-corrected chi connectivity index (χ3v) is 2.74. The summed E-state index contributed by atoms with van der Waals surface area (Å²) in [5.41, 5.74) is 1.01. The number of benzene rings is 1. The second kappa shape index (κ2) is 5.39. The number of hydrogen-bond donors (Lipinski definition) is 1. The Kier molecular flexibility index (Phi) is 3.86. The Morgan fingerprint density at radius 2 is 1.78 bits per heavy atom. The molecule has 0 spiro atoms. The molecule has 0 aliphatic rings. The molecule has 1 aromatic heterocycles. The molecule has 0 radical (unpaired) electrons. The predicted molar refractivity (Wildman–Crippen MR) is 65.6 cm³/mol. The van der Waals surface area contributed by atoms with E-state index in [-0.39, 0.29) is 6.54 Å². The van der Waals surface area contributed by atoms with Gasteiger partial charge in [-0.1, -0.05) is 0 Å². The fourth-order valence-electron chi connectivity index (χ4n) is 1.39. The average Bonchev–Trinajstić information content (AvgIpc) is 2.35. The van der Waals surface area contributed by atoms with Crippen LogP contribution in [0.25, 0.3) is 0 Å². The van der Waals surface area contributed by atoms with Crippen molar-refractivity contribution in [3.63, 3.8) is 0 Å². The molecule has 94 valence electrons. The van der Waals surface area contributed by atoms with Gasteiger partial charge in [-0.25, -0.2) is 18.2 Å². The molecule has 6 heteroatoms. The minimum Gasteiger partial charge on any atom is -0.380 e. The highest BCUT2D eigenvalue weighted by Gasteiger charge is 2.10. The zero-order valence-corrected chi connectivity index (χ0v) is 10.6. The van der Waals surface area contributed by atoms with E-state index in [4.69, 9.17) is 0 Å². The Morgan fingerprint density at radius 1 is 1.11 bits per heavy atom. The predicted octanol–water partition coefficient (Wildman–Crippen LogP) is 3.87. The second-order valence-corrected chi connectivity index (χ2v) is 4.41. The Morgan fingerprint density at radius 3 is 2.33 bits per heavy atom. The van der Waals surface area contributed by atoms with Crippen molar-refractivity contribution in [1.29, 1.82) is 0 Å². The van der Waals surface area contributed by atoms with E-state index in [0.29, 0.717) is 15.9 Å². The van der Waals surface area contributed by atoms with Gasteiger partial charge in [0, 0.05) is 6.54 Å². The van der Waals surface area contributed by atoms with E-state index in [1.807, 2.05) is 0 Å². The summed E-state index contributed by atoms with van der Waals surface area (Å²) < 4.78 is 39.3. The van der Waals surface area contributed by atoms with Gasteiger partial charge < -0.3 is 5.32 Å². The summed E-state index contributed by atoms with van der Waals surface area (Å²) in [6.45, 7) is 0.178. The minimum atomic E-state index is -1.45. The molecule has 0 aliphatic carbocycles. The van der Waals surface area contributed by atoms with Gasteiger partial charge in [0.05, 0.1) is 11.9 Å². The highest BCUT2D eigenvalue weighted by molar-refractivity contribution is 9.10.